The first-order valence-corrected chi connectivity index (χ1v) is 8.65. The summed E-state index contributed by atoms with van der Waals surface area (Å²) in [5.41, 5.74) is 1.90. The summed E-state index contributed by atoms with van der Waals surface area (Å²) in [6.45, 7) is 6.39. The lowest BCUT2D eigenvalue weighted by Gasteiger charge is -2.24. The summed E-state index contributed by atoms with van der Waals surface area (Å²) in [5.74, 6) is 0.0720. The van der Waals surface area contributed by atoms with E-state index in [4.69, 9.17) is 9.26 Å². The summed E-state index contributed by atoms with van der Waals surface area (Å²) < 4.78 is 12.6. The molecule has 1 saturated heterocycles. The van der Waals surface area contributed by atoms with Crippen molar-refractivity contribution in [3.63, 3.8) is 0 Å². The van der Waals surface area contributed by atoms with E-state index in [-0.39, 0.29) is 5.56 Å². The average molecular weight is 356 g/mol. The van der Waals surface area contributed by atoms with Gasteiger partial charge in [-0.3, -0.25) is 4.90 Å². The number of morpholine rings is 1. The highest BCUT2D eigenvalue weighted by Gasteiger charge is 2.18. The van der Waals surface area contributed by atoms with E-state index in [0.717, 1.165) is 24.2 Å². The first kappa shape index (κ1) is 16.7. The molecule has 0 amide bonds. The van der Waals surface area contributed by atoms with Crippen molar-refractivity contribution < 1.29 is 19.2 Å². The molecule has 4 rings (SSSR count). The smallest absolute Gasteiger partial charge is 0.337 e. The zero-order valence-corrected chi connectivity index (χ0v) is 14.5. The number of ether oxygens (including phenoxy) is 1. The van der Waals surface area contributed by atoms with Gasteiger partial charge in [0, 0.05) is 42.3 Å². The van der Waals surface area contributed by atoms with Crippen LogP contribution in [0.5, 0.6) is 0 Å². The van der Waals surface area contributed by atoms with Crippen molar-refractivity contribution in [1.82, 2.24) is 19.6 Å². The van der Waals surface area contributed by atoms with Gasteiger partial charge in [0.2, 0.25) is 11.7 Å². The van der Waals surface area contributed by atoms with Crippen LogP contribution in [-0.4, -0.2) is 57.0 Å². The quantitative estimate of drug-likeness (QED) is 0.749. The summed E-state index contributed by atoms with van der Waals surface area (Å²) in [4.78, 5) is 18.2. The van der Waals surface area contributed by atoms with Crippen molar-refractivity contribution >= 4 is 16.9 Å². The Kier molecular flexibility index (Phi) is 4.44. The molecule has 0 aliphatic carbocycles. The minimum atomic E-state index is -0.944. The highest BCUT2D eigenvalue weighted by atomic mass is 16.5. The van der Waals surface area contributed by atoms with E-state index in [1.807, 2.05) is 29.7 Å². The molecule has 1 aliphatic heterocycles. The van der Waals surface area contributed by atoms with Crippen LogP contribution in [0.15, 0.2) is 28.9 Å². The van der Waals surface area contributed by atoms with Gasteiger partial charge in [0.25, 0.3) is 0 Å². The second-order valence-electron chi connectivity index (χ2n) is 6.27. The number of aromatic carboxylic acids is 1. The van der Waals surface area contributed by atoms with Gasteiger partial charge in [-0.05, 0) is 25.1 Å². The monoisotopic (exact) mass is 356 g/mol. The number of rotatable bonds is 5. The molecule has 26 heavy (non-hydrogen) atoms. The number of aryl methyl sites for hydroxylation is 1. The lowest BCUT2D eigenvalue weighted by molar-refractivity contribution is 0.0297. The number of hydrogen-bond donors (Lipinski definition) is 1. The molecular formula is C18H20N4O4. The number of benzene rings is 1. The zero-order valence-electron chi connectivity index (χ0n) is 14.5. The Morgan fingerprint density at radius 1 is 1.31 bits per heavy atom. The Balaban J connectivity index is 1.64. The molecule has 0 radical (unpaired) electrons. The van der Waals surface area contributed by atoms with E-state index in [2.05, 4.69) is 15.0 Å². The third kappa shape index (κ3) is 3.09. The maximum atomic E-state index is 11.5. The molecule has 3 heterocycles. The van der Waals surface area contributed by atoms with Crippen LogP contribution in [0.3, 0.4) is 0 Å². The fraction of sp³-hybridized carbons (Fsp3) is 0.389. The Labute approximate surface area is 150 Å². The van der Waals surface area contributed by atoms with Crippen molar-refractivity contribution in [2.75, 3.05) is 26.3 Å². The number of nitrogens with zero attached hydrogens (tertiary/aromatic N) is 4. The van der Waals surface area contributed by atoms with Gasteiger partial charge < -0.3 is 18.9 Å². The Morgan fingerprint density at radius 2 is 2.12 bits per heavy atom. The van der Waals surface area contributed by atoms with E-state index in [1.165, 1.54) is 0 Å². The minimum absolute atomic E-state index is 0.278. The molecule has 1 aromatic carbocycles. The number of aromatic nitrogens is 3. The molecule has 8 nitrogen and oxygen atoms in total. The van der Waals surface area contributed by atoms with Crippen LogP contribution >= 0.6 is 0 Å². The van der Waals surface area contributed by atoms with Crippen molar-refractivity contribution in [2.45, 2.75) is 20.0 Å². The highest BCUT2D eigenvalue weighted by molar-refractivity contribution is 6.04. The van der Waals surface area contributed by atoms with Crippen LogP contribution in [0.4, 0.5) is 0 Å². The van der Waals surface area contributed by atoms with E-state index >= 15 is 0 Å². The molecule has 0 bridgehead atoms. The largest absolute Gasteiger partial charge is 0.478 e. The predicted molar refractivity (Wildman–Crippen MR) is 94.0 cm³/mol. The van der Waals surface area contributed by atoms with Gasteiger partial charge in [-0.15, -0.1) is 0 Å². The minimum Gasteiger partial charge on any atom is -0.478 e. The summed E-state index contributed by atoms with van der Waals surface area (Å²) in [7, 11) is 0. The van der Waals surface area contributed by atoms with Crippen LogP contribution in [0.2, 0.25) is 0 Å². The molecule has 3 aromatic rings. The Bertz CT molecular complexity index is 940. The summed E-state index contributed by atoms with van der Waals surface area (Å²) in [6.07, 6.45) is 1.66. The van der Waals surface area contributed by atoms with E-state index in [1.54, 1.807) is 6.20 Å². The normalized spacial score (nSPS) is 15.6. The number of carbonyl (C=O) groups is 1. The van der Waals surface area contributed by atoms with Crippen molar-refractivity contribution in [3.05, 3.63) is 35.9 Å². The molecule has 1 aliphatic rings. The molecule has 1 N–H and O–H groups in total. The molecule has 8 heteroatoms. The molecule has 2 aromatic heterocycles. The number of fused-ring (bicyclic) bond motifs is 1. The third-order valence-electron chi connectivity index (χ3n) is 4.64. The lowest BCUT2D eigenvalue weighted by atomic mass is 10.1. The standard InChI is InChI=1S/C18H20N4O4/c1-2-22-10-14(18(23)24)13-9-12(3-4-15(13)22)17-19-16(26-20-17)11-21-5-7-25-8-6-21/h3-4,9-10H,2,5-8,11H2,1H3,(H,23,24). The van der Waals surface area contributed by atoms with Crippen LogP contribution in [0.25, 0.3) is 22.3 Å². The Morgan fingerprint density at radius 3 is 2.85 bits per heavy atom. The molecule has 0 spiro atoms. The Hall–Kier alpha value is -2.71. The third-order valence-corrected chi connectivity index (χ3v) is 4.64. The zero-order chi connectivity index (χ0) is 18.1. The van der Waals surface area contributed by atoms with Gasteiger partial charge in [-0.25, -0.2) is 4.79 Å². The SMILES string of the molecule is CCn1cc(C(=O)O)c2cc(-c3noc(CN4CCOCC4)n3)ccc21. The van der Waals surface area contributed by atoms with Gasteiger partial charge in [0.15, 0.2) is 0 Å². The number of hydrogen-bond acceptors (Lipinski definition) is 6. The van der Waals surface area contributed by atoms with Crippen molar-refractivity contribution in [2.24, 2.45) is 0 Å². The van der Waals surface area contributed by atoms with Crippen LogP contribution in [0.1, 0.15) is 23.2 Å². The summed E-state index contributed by atoms with van der Waals surface area (Å²) >= 11 is 0. The topological polar surface area (TPSA) is 93.6 Å². The van der Waals surface area contributed by atoms with Gasteiger partial charge in [0.1, 0.15) is 0 Å². The molecule has 0 atom stereocenters. The van der Waals surface area contributed by atoms with E-state index < -0.39 is 5.97 Å². The predicted octanol–water partition coefficient (Wildman–Crippen LogP) is 2.24. The maximum Gasteiger partial charge on any atom is 0.337 e. The van der Waals surface area contributed by atoms with Crippen LogP contribution in [0, 0.1) is 0 Å². The first-order chi connectivity index (χ1) is 12.7. The number of carboxylic acids is 1. The lowest BCUT2D eigenvalue weighted by Crippen LogP contribution is -2.35. The second-order valence-corrected chi connectivity index (χ2v) is 6.27. The first-order valence-electron chi connectivity index (χ1n) is 8.65. The average Bonchev–Trinajstić information content (AvgIpc) is 3.26. The van der Waals surface area contributed by atoms with Gasteiger partial charge >= 0.3 is 5.97 Å². The van der Waals surface area contributed by atoms with Crippen LogP contribution < -0.4 is 0 Å². The molecular weight excluding hydrogens is 336 g/mol. The van der Waals surface area contributed by atoms with Gasteiger partial charge in [-0.2, -0.15) is 4.98 Å². The highest BCUT2D eigenvalue weighted by Crippen LogP contribution is 2.27. The fourth-order valence-electron chi connectivity index (χ4n) is 3.26. The number of carboxylic acid groups (broad SMARTS) is 1. The molecule has 0 unspecified atom stereocenters. The summed E-state index contributed by atoms with van der Waals surface area (Å²) in [6, 6.07) is 5.61. The molecule has 136 valence electrons. The summed E-state index contributed by atoms with van der Waals surface area (Å²) in [5, 5.41) is 14.2. The maximum absolute atomic E-state index is 11.5. The van der Waals surface area contributed by atoms with Crippen LogP contribution in [-0.2, 0) is 17.8 Å². The van der Waals surface area contributed by atoms with Gasteiger partial charge in [-0.1, -0.05) is 5.16 Å². The van der Waals surface area contributed by atoms with Crippen molar-refractivity contribution in [1.29, 1.82) is 0 Å². The fourth-order valence-corrected chi connectivity index (χ4v) is 3.26. The van der Waals surface area contributed by atoms with E-state index in [9.17, 15) is 9.90 Å². The van der Waals surface area contributed by atoms with Gasteiger partial charge in [0.05, 0.1) is 25.3 Å². The van der Waals surface area contributed by atoms with Crippen molar-refractivity contribution in [3.8, 4) is 11.4 Å². The second kappa shape index (κ2) is 6.89. The molecule has 1 fully saturated rings. The molecule has 0 saturated carbocycles. The van der Waals surface area contributed by atoms with E-state index in [0.29, 0.717) is 43.4 Å².